The molecule has 0 unspecified atom stereocenters. The fourth-order valence-corrected chi connectivity index (χ4v) is 1.64. The van der Waals surface area contributed by atoms with Gasteiger partial charge in [0.1, 0.15) is 13.1 Å². The molecule has 0 fully saturated rings. The number of nitrogens with zero attached hydrogens (tertiary/aromatic N) is 1. The Balaban J connectivity index is 2.81. The van der Waals surface area contributed by atoms with Gasteiger partial charge in [-0.1, -0.05) is 18.2 Å². The molecule has 0 aliphatic heterocycles. The van der Waals surface area contributed by atoms with Crippen molar-refractivity contribution < 1.29 is 23.9 Å². The smallest absolute Gasteiger partial charge is 0.325 e. The van der Waals surface area contributed by atoms with Gasteiger partial charge in [-0.05, 0) is 11.6 Å². The lowest BCUT2D eigenvalue weighted by Crippen LogP contribution is -2.41. The zero-order chi connectivity index (χ0) is 15.8. The minimum absolute atomic E-state index is 0.0132. The van der Waals surface area contributed by atoms with E-state index >= 15 is 0 Å². The van der Waals surface area contributed by atoms with Crippen LogP contribution in [-0.2, 0) is 30.3 Å². The van der Waals surface area contributed by atoms with Gasteiger partial charge in [0.05, 0.1) is 20.6 Å². The van der Waals surface area contributed by atoms with Crippen molar-refractivity contribution in [2.45, 2.75) is 6.42 Å². The Kier molecular flexibility index (Phi) is 6.19. The molecular weight excluding hydrogens is 276 g/mol. The largest absolute Gasteiger partial charge is 0.468 e. The predicted octanol–water partition coefficient (Wildman–Crippen LogP) is -0.0141. The Bertz CT molecular complexity index is 512. The highest BCUT2D eigenvalue weighted by atomic mass is 16.5. The van der Waals surface area contributed by atoms with E-state index in [1.54, 1.807) is 24.3 Å². The van der Waals surface area contributed by atoms with E-state index in [-0.39, 0.29) is 19.5 Å². The Morgan fingerprint density at radius 1 is 1.05 bits per heavy atom. The van der Waals surface area contributed by atoms with E-state index < -0.39 is 17.8 Å². The van der Waals surface area contributed by atoms with Crippen LogP contribution in [-0.4, -0.2) is 50.1 Å². The maximum absolute atomic E-state index is 12.2. The molecule has 0 saturated heterocycles. The highest BCUT2D eigenvalue weighted by molar-refractivity contribution is 5.87. The average molecular weight is 294 g/mol. The fraction of sp³-hybridized carbons (Fsp3) is 0.357. The van der Waals surface area contributed by atoms with Crippen LogP contribution in [0.2, 0.25) is 0 Å². The molecule has 114 valence electrons. The molecule has 7 heteroatoms. The minimum atomic E-state index is -0.617. The van der Waals surface area contributed by atoms with E-state index in [0.29, 0.717) is 11.3 Å². The third kappa shape index (κ3) is 5.13. The van der Waals surface area contributed by atoms with Crippen molar-refractivity contribution in [3.8, 4) is 0 Å². The summed E-state index contributed by atoms with van der Waals surface area (Å²) in [5, 5.41) is 0. The maximum Gasteiger partial charge on any atom is 0.325 e. The van der Waals surface area contributed by atoms with Crippen LogP contribution in [0.25, 0.3) is 0 Å². The number of amides is 1. The van der Waals surface area contributed by atoms with Gasteiger partial charge < -0.3 is 20.1 Å². The summed E-state index contributed by atoms with van der Waals surface area (Å²) >= 11 is 0. The van der Waals surface area contributed by atoms with Gasteiger partial charge in [-0.15, -0.1) is 0 Å². The fourth-order valence-electron chi connectivity index (χ4n) is 1.64. The highest BCUT2D eigenvalue weighted by Gasteiger charge is 2.21. The summed E-state index contributed by atoms with van der Waals surface area (Å²) in [7, 11) is 2.41. The SMILES string of the molecule is COC(=O)CN(CC(=O)OC)C(=O)Cc1ccccc1N. The van der Waals surface area contributed by atoms with E-state index in [0.717, 1.165) is 4.90 Å². The number of nitrogen functional groups attached to an aromatic ring is 1. The van der Waals surface area contributed by atoms with Gasteiger partial charge in [0.25, 0.3) is 0 Å². The number of esters is 2. The minimum Gasteiger partial charge on any atom is -0.468 e. The summed E-state index contributed by atoms with van der Waals surface area (Å²) in [5.74, 6) is -1.65. The average Bonchev–Trinajstić information content (AvgIpc) is 2.48. The molecule has 0 aliphatic rings. The molecule has 0 heterocycles. The molecule has 0 bridgehead atoms. The topological polar surface area (TPSA) is 98.9 Å². The second-order valence-corrected chi connectivity index (χ2v) is 4.28. The first kappa shape index (κ1) is 16.5. The zero-order valence-corrected chi connectivity index (χ0v) is 12.0. The molecular formula is C14H18N2O5. The number of nitrogens with two attached hydrogens (primary N) is 1. The number of ether oxygens (including phenoxy) is 2. The van der Waals surface area contributed by atoms with Crippen molar-refractivity contribution in [3.63, 3.8) is 0 Å². The summed E-state index contributed by atoms with van der Waals surface area (Å²) in [6.45, 7) is -0.645. The summed E-state index contributed by atoms with van der Waals surface area (Å²) in [5.41, 5.74) is 6.87. The number of hydrogen-bond donors (Lipinski definition) is 1. The summed E-state index contributed by atoms with van der Waals surface area (Å²) in [6.07, 6.45) is -0.0132. The first-order valence-electron chi connectivity index (χ1n) is 6.22. The Morgan fingerprint density at radius 3 is 2.05 bits per heavy atom. The van der Waals surface area contributed by atoms with Crippen LogP contribution >= 0.6 is 0 Å². The third-order valence-electron chi connectivity index (χ3n) is 2.84. The van der Waals surface area contributed by atoms with Gasteiger partial charge in [-0.3, -0.25) is 14.4 Å². The van der Waals surface area contributed by atoms with Crippen LogP contribution in [0.4, 0.5) is 5.69 Å². The third-order valence-corrected chi connectivity index (χ3v) is 2.84. The van der Waals surface area contributed by atoms with Gasteiger partial charge in [-0.25, -0.2) is 0 Å². The van der Waals surface area contributed by atoms with E-state index in [4.69, 9.17) is 5.73 Å². The predicted molar refractivity (Wildman–Crippen MR) is 75.2 cm³/mol. The molecule has 1 aromatic carbocycles. The standard InChI is InChI=1S/C14H18N2O5/c1-20-13(18)8-16(9-14(19)21-2)12(17)7-10-5-3-4-6-11(10)15/h3-6H,7-9,15H2,1-2H3. The Labute approximate surface area is 122 Å². The molecule has 2 N–H and O–H groups in total. The van der Waals surface area contributed by atoms with Crippen molar-refractivity contribution in [2.75, 3.05) is 33.0 Å². The van der Waals surface area contributed by atoms with Gasteiger partial charge in [0.2, 0.25) is 5.91 Å². The molecule has 21 heavy (non-hydrogen) atoms. The van der Waals surface area contributed by atoms with Crippen LogP contribution in [0.1, 0.15) is 5.56 Å². The summed E-state index contributed by atoms with van der Waals surface area (Å²) in [4.78, 5) is 35.9. The van der Waals surface area contributed by atoms with Crippen LogP contribution in [0.5, 0.6) is 0 Å². The molecule has 0 atom stereocenters. The quantitative estimate of drug-likeness (QED) is 0.585. The lowest BCUT2D eigenvalue weighted by molar-refractivity contribution is -0.151. The second-order valence-electron chi connectivity index (χ2n) is 4.28. The molecule has 0 aliphatic carbocycles. The molecule has 0 spiro atoms. The number of methoxy groups -OCH3 is 2. The number of carbonyl (C=O) groups is 3. The van der Waals surface area contributed by atoms with E-state index in [1.165, 1.54) is 14.2 Å². The number of rotatable bonds is 6. The number of benzene rings is 1. The van der Waals surface area contributed by atoms with Gasteiger partial charge in [0, 0.05) is 5.69 Å². The van der Waals surface area contributed by atoms with Crippen LogP contribution in [0.3, 0.4) is 0 Å². The lowest BCUT2D eigenvalue weighted by atomic mass is 10.1. The zero-order valence-electron chi connectivity index (χ0n) is 12.0. The van der Waals surface area contributed by atoms with Crippen LogP contribution in [0.15, 0.2) is 24.3 Å². The van der Waals surface area contributed by atoms with E-state index in [2.05, 4.69) is 9.47 Å². The molecule has 0 aromatic heterocycles. The molecule has 7 nitrogen and oxygen atoms in total. The number of hydrogen-bond acceptors (Lipinski definition) is 6. The number of para-hydroxylation sites is 1. The van der Waals surface area contributed by atoms with Gasteiger partial charge in [-0.2, -0.15) is 0 Å². The van der Waals surface area contributed by atoms with Crippen LogP contribution in [0, 0.1) is 0 Å². The van der Waals surface area contributed by atoms with Crippen molar-refractivity contribution in [1.29, 1.82) is 0 Å². The first-order chi connectivity index (χ1) is 9.97. The first-order valence-corrected chi connectivity index (χ1v) is 6.22. The molecule has 0 saturated carbocycles. The lowest BCUT2D eigenvalue weighted by Gasteiger charge is -2.20. The molecule has 0 radical (unpaired) electrons. The van der Waals surface area contributed by atoms with Crippen molar-refractivity contribution in [3.05, 3.63) is 29.8 Å². The van der Waals surface area contributed by atoms with Gasteiger partial charge >= 0.3 is 11.9 Å². The number of carbonyl (C=O) groups excluding carboxylic acids is 3. The Hall–Kier alpha value is -2.57. The maximum atomic E-state index is 12.2. The molecule has 1 aromatic rings. The molecule has 1 rings (SSSR count). The van der Waals surface area contributed by atoms with Crippen molar-refractivity contribution in [1.82, 2.24) is 4.90 Å². The highest BCUT2D eigenvalue weighted by Crippen LogP contribution is 2.12. The summed E-state index contributed by atoms with van der Waals surface area (Å²) in [6, 6.07) is 6.89. The second kappa shape index (κ2) is 7.88. The van der Waals surface area contributed by atoms with Crippen molar-refractivity contribution in [2.24, 2.45) is 0 Å². The van der Waals surface area contributed by atoms with Crippen LogP contribution < -0.4 is 5.73 Å². The van der Waals surface area contributed by atoms with Crippen molar-refractivity contribution >= 4 is 23.5 Å². The normalized spacial score (nSPS) is 9.81. The summed E-state index contributed by atoms with van der Waals surface area (Å²) < 4.78 is 9.02. The Morgan fingerprint density at radius 2 is 1.57 bits per heavy atom. The molecule has 1 amide bonds. The van der Waals surface area contributed by atoms with Gasteiger partial charge in [0.15, 0.2) is 0 Å². The van der Waals surface area contributed by atoms with E-state index in [9.17, 15) is 14.4 Å². The monoisotopic (exact) mass is 294 g/mol. The number of anilines is 1. The van der Waals surface area contributed by atoms with E-state index in [1.807, 2.05) is 0 Å².